The van der Waals surface area contributed by atoms with Crippen molar-refractivity contribution in [2.75, 3.05) is 34.2 Å². The van der Waals surface area contributed by atoms with E-state index < -0.39 is 0 Å². The standard InChI is InChI=1S/C21H30ClN5O/c1-23-20(26-14-21(9-4-5-10-21)19(28)27(2)3)24-11-8-15-13-25-18-7-6-16(22)12-17(15)18/h6-7,12-13,25H,4-5,8-11,14H2,1-3H3,(H2,23,24,26). The van der Waals surface area contributed by atoms with Crippen molar-refractivity contribution in [2.24, 2.45) is 10.4 Å². The maximum Gasteiger partial charge on any atom is 0.230 e. The van der Waals surface area contributed by atoms with E-state index in [1.807, 2.05) is 38.5 Å². The second kappa shape index (κ2) is 8.86. The SMILES string of the molecule is CN=C(NCCc1c[nH]c2ccc(Cl)cc12)NCC1(C(=O)N(C)C)CCCC1. The summed E-state index contributed by atoms with van der Waals surface area (Å²) in [5.74, 6) is 0.944. The van der Waals surface area contributed by atoms with Crippen molar-refractivity contribution in [1.29, 1.82) is 0 Å². The number of amides is 1. The number of carbonyl (C=O) groups excluding carboxylic acids is 1. The molecule has 1 heterocycles. The maximum absolute atomic E-state index is 12.7. The summed E-state index contributed by atoms with van der Waals surface area (Å²) in [7, 11) is 5.43. The minimum absolute atomic E-state index is 0.212. The van der Waals surface area contributed by atoms with Gasteiger partial charge in [-0.25, -0.2) is 0 Å². The van der Waals surface area contributed by atoms with Crippen LogP contribution >= 0.6 is 11.6 Å². The number of rotatable bonds is 6. The molecule has 6 nitrogen and oxygen atoms in total. The fourth-order valence-electron chi connectivity index (χ4n) is 4.14. The van der Waals surface area contributed by atoms with E-state index in [2.05, 4.69) is 20.6 Å². The van der Waals surface area contributed by atoms with E-state index in [1.54, 1.807) is 11.9 Å². The quantitative estimate of drug-likeness (QED) is 0.512. The van der Waals surface area contributed by atoms with E-state index in [9.17, 15) is 4.79 Å². The van der Waals surface area contributed by atoms with Gasteiger partial charge in [-0.15, -0.1) is 0 Å². The Morgan fingerprint density at radius 2 is 2.04 bits per heavy atom. The van der Waals surface area contributed by atoms with E-state index in [1.165, 1.54) is 5.56 Å². The lowest BCUT2D eigenvalue weighted by molar-refractivity contribution is -0.138. The molecule has 28 heavy (non-hydrogen) atoms. The van der Waals surface area contributed by atoms with Gasteiger partial charge in [0.25, 0.3) is 0 Å². The van der Waals surface area contributed by atoms with Crippen LogP contribution in [0.1, 0.15) is 31.2 Å². The molecule has 3 N–H and O–H groups in total. The molecule has 1 aliphatic carbocycles. The zero-order valence-corrected chi connectivity index (χ0v) is 17.7. The third-order valence-electron chi connectivity index (χ3n) is 5.65. The molecule has 0 bridgehead atoms. The smallest absolute Gasteiger partial charge is 0.230 e. The Bertz CT molecular complexity index is 852. The molecule has 1 aliphatic rings. The minimum Gasteiger partial charge on any atom is -0.361 e. The van der Waals surface area contributed by atoms with Crippen molar-refractivity contribution < 1.29 is 4.79 Å². The summed E-state index contributed by atoms with van der Waals surface area (Å²) in [5.41, 5.74) is 2.00. The molecule has 2 aromatic rings. The van der Waals surface area contributed by atoms with Crippen LogP contribution in [0.2, 0.25) is 5.02 Å². The summed E-state index contributed by atoms with van der Waals surface area (Å²) in [6.45, 7) is 1.36. The molecule has 0 radical (unpaired) electrons. The number of benzene rings is 1. The number of halogens is 1. The van der Waals surface area contributed by atoms with Crippen LogP contribution in [0.4, 0.5) is 0 Å². The first-order chi connectivity index (χ1) is 13.4. The largest absolute Gasteiger partial charge is 0.361 e. The van der Waals surface area contributed by atoms with Crippen LogP contribution in [-0.4, -0.2) is 56.0 Å². The second-order valence-corrected chi connectivity index (χ2v) is 8.23. The van der Waals surface area contributed by atoms with Gasteiger partial charge in [0.05, 0.1) is 5.41 Å². The first kappa shape index (κ1) is 20.5. The van der Waals surface area contributed by atoms with Crippen molar-refractivity contribution in [3.63, 3.8) is 0 Å². The number of aromatic nitrogens is 1. The van der Waals surface area contributed by atoms with Crippen molar-refractivity contribution in [3.05, 3.63) is 35.0 Å². The Hall–Kier alpha value is -2.21. The first-order valence-corrected chi connectivity index (χ1v) is 10.2. The molecule has 0 spiro atoms. The summed E-state index contributed by atoms with van der Waals surface area (Å²) in [6.07, 6.45) is 6.96. The number of H-pyrrole nitrogens is 1. The Morgan fingerprint density at radius 1 is 1.29 bits per heavy atom. The van der Waals surface area contributed by atoms with Gasteiger partial charge in [-0.05, 0) is 43.0 Å². The van der Waals surface area contributed by atoms with E-state index in [-0.39, 0.29) is 11.3 Å². The van der Waals surface area contributed by atoms with Gasteiger partial charge in [0.15, 0.2) is 5.96 Å². The van der Waals surface area contributed by atoms with Crippen LogP contribution in [0, 0.1) is 5.41 Å². The third-order valence-corrected chi connectivity index (χ3v) is 5.89. The van der Waals surface area contributed by atoms with Crippen molar-refractivity contribution in [2.45, 2.75) is 32.1 Å². The van der Waals surface area contributed by atoms with E-state index in [0.29, 0.717) is 6.54 Å². The number of guanidine groups is 1. The van der Waals surface area contributed by atoms with Crippen LogP contribution in [0.5, 0.6) is 0 Å². The van der Waals surface area contributed by atoms with Gasteiger partial charge < -0.3 is 20.5 Å². The summed E-state index contributed by atoms with van der Waals surface area (Å²) in [5, 5.41) is 8.63. The zero-order chi connectivity index (χ0) is 20.1. The average Bonchev–Trinajstić information content (AvgIpc) is 3.31. The fourth-order valence-corrected chi connectivity index (χ4v) is 4.31. The van der Waals surface area contributed by atoms with Crippen molar-refractivity contribution >= 4 is 34.4 Å². The van der Waals surface area contributed by atoms with Crippen molar-refractivity contribution in [1.82, 2.24) is 20.5 Å². The number of carbonyl (C=O) groups is 1. The molecule has 1 aromatic heterocycles. The summed E-state index contributed by atoms with van der Waals surface area (Å²) >= 11 is 6.13. The summed E-state index contributed by atoms with van der Waals surface area (Å²) in [4.78, 5) is 22.0. The minimum atomic E-state index is -0.311. The monoisotopic (exact) mass is 403 g/mol. The molecular weight excluding hydrogens is 374 g/mol. The highest BCUT2D eigenvalue weighted by Gasteiger charge is 2.42. The lowest BCUT2D eigenvalue weighted by atomic mass is 9.84. The highest BCUT2D eigenvalue weighted by atomic mass is 35.5. The van der Waals surface area contributed by atoms with Crippen LogP contribution in [0.15, 0.2) is 29.4 Å². The first-order valence-electron chi connectivity index (χ1n) is 9.87. The van der Waals surface area contributed by atoms with Gasteiger partial charge in [-0.3, -0.25) is 9.79 Å². The van der Waals surface area contributed by atoms with Gasteiger partial charge in [0, 0.05) is 56.4 Å². The van der Waals surface area contributed by atoms with Gasteiger partial charge in [0.2, 0.25) is 5.91 Å². The lowest BCUT2D eigenvalue weighted by Crippen LogP contribution is -2.49. The number of nitrogens with one attached hydrogen (secondary N) is 3. The van der Waals surface area contributed by atoms with Crippen LogP contribution in [0.25, 0.3) is 10.9 Å². The molecule has 0 aliphatic heterocycles. The fraction of sp³-hybridized carbons (Fsp3) is 0.524. The molecule has 7 heteroatoms. The summed E-state index contributed by atoms with van der Waals surface area (Å²) < 4.78 is 0. The molecule has 0 saturated heterocycles. The molecule has 0 atom stereocenters. The Labute approximate surface area is 171 Å². The highest BCUT2D eigenvalue weighted by Crippen LogP contribution is 2.38. The number of fused-ring (bicyclic) bond motifs is 1. The number of aromatic amines is 1. The van der Waals surface area contributed by atoms with E-state index in [4.69, 9.17) is 11.6 Å². The molecule has 1 fully saturated rings. The lowest BCUT2D eigenvalue weighted by Gasteiger charge is -2.31. The normalized spacial score (nSPS) is 16.4. The van der Waals surface area contributed by atoms with Crippen LogP contribution < -0.4 is 10.6 Å². The predicted octanol–water partition coefficient (Wildman–Crippen LogP) is 3.18. The van der Waals surface area contributed by atoms with E-state index >= 15 is 0 Å². The zero-order valence-electron chi connectivity index (χ0n) is 16.9. The average molecular weight is 404 g/mol. The number of nitrogens with zero attached hydrogens (tertiary/aromatic N) is 2. The highest BCUT2D eigenvalue weighted by molar-refractivity contribution is 6.31. The molecule has 1 aromatic carbocycles. The van der Waals surface area contributed by atoms with Crippen LogP contribution in [0.3, 0.4) is 0 Å². The molecule has 0 unspecified atom stereocenters. The van der Waals surface area contributed by atoms with E-state index in [0.717, 1.165) is 60.5 Å². The Balaban J connectivity index is 1.56. The topological polar surface area (TPSA) is 72.5 Å². The third kappa shape index (κ3) is 4.43. The molecule has 1 amide bonds. The maximum atomic E-state index is 12.7. The molecular formula is C21H30ClN5O. The number of hydrogen-bond acceptors (Lipinski definition) is 2. The van der Waals surface area contributed by atoms with Crippen molar-refractivity contribution in [3.8, 4) is 0 Å². The Morgan fingerprint density at radius 3 is 2.71 bits per heavy atom. The number of aliphatic imine (C=N–C) groups is 1. The van der Waals surface area contributed by atoms with Gasteiger partial charge in [-0.2, -0.15) is 0 Å². The van der Waals surface area contributed by atoms with Crippen LogP contribution in [-0.2, 0) is 11.2 Å². The summed E-state index contributed by atoms with van der Waals surface area (Å²) in [6, 6.07) is 5.88. The Kier molecular flexibility index (Phi) is 6.50. The molecule has 1 saturated carbocycles. The number of hydrogen-bond donors (Lipinski definition) is 3. The second-order valence-electron chi connectivity index (χ2n) is 7.79. The molecule has 152 valence electrons. The van der Waals surface area contributed by atoms with Gasteiger partial charge in [-0.1, -0.05) is 24.4 Å². The van der Waals surface area contributed by atoms with Gasteiger partial charge >= 0.3 is 0 Å². The van der Waals surface area contributed by atoms with Gasteiger partial charge in [0.1, 0.15) is 0 Å². The predicted molar refractivity (Wildman–Crippen MR) is 116 cm³/mol. The molecule has 3 rings (SSSR count).